The van der Waals surface area contributed by atoms with Crippen LogP contribution in [-0.4, -0.2) is 10.2 Å². The lowest BCUT2D eigenvalue weighted by Crippen LogP contribution is -2.27. The fourth-order valence-electron chi connectivity index (χ4n) is 2.63. The smallest absolute Gasteiger partial charge is 0.270 e. The van der Waals surface area contributed by atoms with E-state index in [-0.39, 0.29) is 5.91 Å². The quantitative estimate of drug-likeness (QED) is 0.376. The highest BCUT2D eigenvalue weighted by atomic mass is 32.2. The fourth-order valence-corrected chi connectivity index (χ4v) is 4.84. The summed E-state index contributed by atoms with van der Waals surface area (Å²) in [5.41, 5.74) is 1.90. The highest BCUT2D eigenvalue weighted by molar-refractivity contribution is 8.27. The number of rotatable bonds is 4. The number of para-hydroxylation sites is 1. The van der Waals surface area contributed by atoms with Crippen molar-refractivity contribution in [1.29, 1.82) is 0 Å². The van der Waals surface area contributed by atoms with E-state index in [0.717, 1.165) is 21.9 Å². The van der Waals surface area contributed by atoms with Crippen molar-refractivity contribution in [3.8, 4) is 11.5 Å². The molecule has 4 rings (SSSR count). The first-order valence-electron chi connectivity index (χ1n) is 8.27. The van der Waals surface area contributed by atoms with Gasteiger partial charge in [-0.05, 0) is 66.4 Å². The van der Waals surface area contributed by atoms with Gasteiger partial charge in [0.1, 0.15) is 11.5 Å². The Morgan fingerprint density at radius 3 is 2.37 bits per heavy atom. The summed E-state index contributed by atoms with van der Waals surface area (Å²) >= 11 is 8.40. The zero-order chi connectivity index (χ0) is 18.8. The van der Waals surface area contributed by atoms with Crippen LogP contribution in [0.3, 0.4) is 0 Å². The summed E-state index contributed by atoms with van der Waals surface area (Å²) in [6, 6.07) is 19.0. The van der Waals surface area contributed by atoms with Crippen LogP contribution in [-0.2, 0) is 4.79 Å². The minimum Gasteiger partial charge on any atom is -0.457 e. The minimum atomic E-state index is -0.0884. The van der Waals surface area contributed by atoms with E-state index in [1.807, 2.05) is 79.0 Å². The molecule has 1 fully saturated rings. The van der Waals surface area contributed by atoms with Crippen LogP contribution in [0, 0.1) is 6.92 Å². The maximum Gasteiger partial charge on any atom is 0.270 e. The van der Waals surface area contributed by atoms with Crippen LogP contribution in [0.15, 0.2) is 70.9 Å². The lowest BCUT2D eigenvalue weighted by Gasteiger charge is -2.15. The monoisotopic (exact) mass is 409 g/mol. The van der Waals surface area contributed by atoms with E-state index >= 15 is 0 Å². The third-order valence-corrected chi connectivity index (χ3v) is 6.30. The number of nitrogens with zero attached hydrogens (tertiary/aromatic N) is 1. The molecule has 0 radical (unpaired) electrons. The Morgan fingerprint density at radius 2 is 1.70 bits per heavy atom. The third kappa shape index (κ3) is 3.83. The molecule has 3 nitrogen and oxygen atoms in total. The SMILES string of the molecule is Cc1ccsc1C=C1SC(=S)N(c2ccc(Oc3ccccc3)cc2)C1=O. The standard InChI is InChI=1S/C21H15NO2S3/c1-14-11-12-26-18(14)13-19-20(23)22(21(25)27-19)15-7-9-17(10-8-15)24-16-5-3-2-4-6-16/h2-13H,1H3. The molecular weight excluding hydrogens is 394 g/mol. The first kappa shape index (κ1) is 18.0. The molecule has 1 amide bonds. The largest absolute Gasteiger partial charge is 0.457 e. The number of hydrogen-bond acceptors (Lipinski definition) is 5. The lowest BCUT2D eigenvalue weighted by atomic mass is 10.2. The molecule has 2 heterocycles. The van der Waals surface area contributed by atoms with E-state index in [2.05, 4.69) is 0 Å². The Balaban J connectivity index is 1.54. The highest BCUT2D eigenvalue weighted by Gasteiger charge is 2.33. The van der Waals surface area contributed by atoms with Gasteiger partial charge in [0.15, 0.2) is 4.32 Å². The second kappa shape index (κ2) is 7.68. The van der Waals surface area contributed by atoms with E-state index in [0.29, 0.717) is 15.0 Å². The van der Waals surface area contributed by atoms with Crippen molar-refractivity contribution in [3.05, 3.63) is 81.4 Å². The van der Waals surface area contributed by atoms with Gasteiger partial charge in [0.25, 0.3) is 5.91 Å². The molecule has 2 aromatic carbocycles. The van der Waals surface area contributed by atoms with E-state index < -0.39 is 0 Å². The molecular formula is C21H15NO2S3. The maximum absolute atomic E-state index is 12.9. The second-order valence-electron chi connectivity index (χ2n) is 5.89. The topological polar surface area (TPSA) is 29.5 Å². The number of aryl methyl sites for hydroxylation is 1. The van der Waals surface area contributed by atoms with Gasteiger partial charge in [-0.3, -0.25) is 9.69 Å². The van der Waals surface area contributed by atoms with E-state index in [4.69, 9.17) is 17.0 Å². The molecule has 134 valence electrons. The Bertz CT molecular complexity index is 1020. The lowest BCUT2D eigenvalue weighted by molar-refractivity contribution is -0.113. The summed E-state index contributed by atoms with van der Waals surface area (Å²) in [7, 11) is 0. The summed E-state index contributed by atoms with van der Waals surface area (Å²) in [5, 5.41) is 2.02. The number of thiophene rings is 1. The molecule has 1 saturated heterocycles. The molecule has 0 saturated carbocycles. The number of hydrogen-bond donors (Lipinski definition) is 0. The predicted octanol–water partition coefficient (Wildman–Crippen LogP) is 6.25. The normalized spacial score (nSPS) is 15.6. The van der Waals surface area contributed by atoms with Gasteiger partial charge in [-0.25, -0.2) is 0 Å². The minimum absolute atomic E-state index is 0.0884. The second-order valence-corrected chi connectivity index (χ2v) is 8.52. The first-order chi connectivity index (χ1) is 13.1. The van der Waals surface area contributed by atoms with Crippen molar-refractivity contribution < 1.29 is 9.53 Å². The molecule has 27 heavy (non-hydrogen) atoms. The molecule has 6 heteroatoms. The van der Waals surface area contributed by atoms with E-state index in [1.54, 1.807) is 16.2 Å². The molecule has 0 aliphatic carbocycles. The predicted molar refractivity (Wildman–Crippen MR) is 118 cm³/mol. The highest BCUT2D eigenvalue weighted by Crippen LogP contribution is 2.37. The van der Waals surface area contributed by atoms with Gasteiger partial charge in [-0.15, -0.1) is 11.3 Å². The van der Waals surface area contributed by atoms with Crippen molar-refractivity contribution in [2.75, 3.05) is 4.90 Å². The Hall–Kier alpha value is -2.41. The average Bonchev–Trinajstić information content (AvgIpc) is 3.20. The molecule has 0 unspecified atom stereocenters. The van der Waals surface area contributed by atoms with Crippen LogP contribution >= 0.6 is 35.3 Å². The molecule has 1 aliphatic rings. The zero-order valence-electron chi connectivity index (χ0n) is 14.4. The van der Waals surface area contributed by atoms with Crippen molar-refractivity contribution in [2.24, 2.45) is 0 Å². The van der Waals surface area contributed by atoms with E-state index in [9.17, 15) is 4.79 Å². The van der Waals surface area contributed by atoms with Gasteiger partial charge in [0, 0.05) is 4.88 Å². The van der Waals surface area contributed by atoms with E-state index in [1.165, 1.54) is 11.8 Å². The van der Waals surface area contributed by atoms with Crippen molar-refractivity contribution in [3.63, 3.8) is 0 Å². The van der Waals surface area contributed by atoms with Gasteiger partial charge in [-0.2, -0.15) is 0 Å². The van der Waals surface area contributed by atoms with Gasteiger partial charge in [0.2, 0.25) is 0 Å². The Labute approximate surface area is 171 Å². The Kier molecular flexibility index (Phi) is 5.11. The van der Waals surface area contributed by atoms with Crippen LogP contribution < -0.4 is 9.64 Å². The van der Waals surface area contributed by atoms with Crippen molar-refractivity contribution in [2.45, 2.75) is 6.92 Å². The van der Waals surface area contributed by atoms with Gasteiger partial charge in [-0.1, -0.05) is 42.2 Å². The summed E-state index contributed by atoms with van der Waals surface area (Å²) in [6.45, 7) is 2.04. The first-order valence-corrected chi connectivity index (χ1v) is 10.4. The molecule has 0 bridgehead atoms. The molecule has 0 atom stereocenters. The molecule has 1 aliphatic heterocycles. The summed E-state index contributed by atoms with van der Waals surface area (Å²) in [4.78, 5) is 16.2. The number of ether oxygens (including phenoxy) is 1. The average molecular weight is 410 g/mol. The number of carbonyl (C=O) groups excluding carboxylic acids is 1. The number of anilines is 1. The maximum atomic E-state index is 12.9. The summed E-state index contributed by atoms with van der Waals surface area (Å²) < 4.78 is 6.34. The number of carbonyl (C=O) groups is 1. The fraction of sp³-hybridized carbons (Fsp3) is 0.0476. The Morgan fingerprint density at radius 1 is 1.00 bits per heavy atom. The van der Waals surface area contributed by atoms with Crippen LogP contribution in [0.2, 0.25) is 0 Å². The van der Waals surface area contributed by atoms with Gasteiger partial charge < -0.3 is 4.74 Å². The number of thioether (sulfide) groups is 1. The number of thiocarbonyl (C=S) groups is 1. The van der Waals surface area contributed by atoms with Crippen molar-refractivity contribution in [1.82, 2.24) is 0 Å². The molecule has 0 spiro atoms. The summed E-state index contributed by atoms with van der Waals surface area (Å²) in [6.07, 6.45) is 1.92. The molecule has 1 aromatic heterocycles. The van der Waals surface area contributed by atoms with Crippen LogP contribution in [0.1, 0.15) is 10.4 Å². The van der Waals surface area contributed by atoms with Gasteiger partial charge >= 0.3 is 0 Å². The van der Waals surface area contributed by atoms with Crippen LogP contribution in [0.25, 0.3) is 6.08 Å². The van der Waals surface area contributed by atoms with Crippen molar-refractivity contribution >= 4 is 57.3 Å². The van der Waals surface area contributed by atoms with Gasteiger partial charge in [0.05, 0.1) is 10.6 Å². The molecule has 3 aromatic rings. The van der Waals surface area contributed by atoms with Crippen LogP contribution in [0.5, 0.6) is 11.5 Å². The number of amides is 1. The molecule has 0 N–H and O–H groups in total. The summed E-state index contributed by atoms with van der Waals surface area (Å²) in [5.74, 6) is 1.39. The number of benzene rings is 2. The zero-order valence-corrected chi connectivity index (χ0v) is 16.9. The van der Waals surface area contributed by atoms with Crippen LogP contribution in [0.4, 0.5) is 5.69 Å². The third-order valence-electron chi connectivity index (χ3n) is 4.03.